The molecule has 0 unspecified atom stereocenters. The molecule has 116 valence electrons. The highest BCUT2D eigenvalue weighted by molar-refractivity contribution is 7.14. The van der Waals surface area contributed by atoms with Gasteiger partial charge in [-0.1, -0.05) is 6.07 Å². The van der Waals surface area contributed by atoms with Gasteiger partial charge in [0.2, 0.25) is 0 Å². The molecule has 0 aliphatic carbocycles. The van der Waals surface area contributed by atoms with Crippen molar-refractivity contribution in [3.05, 3.63) is 64.0 Å². The maximum atomic E-state index is 10.8. The fourth-order valence-electron chi connectivity index (χ4n) is 2.05. The Balaban J connectivity index is 1.79. The average Bonchev–Trinajstić information content (AvgIpc) is 3.03. The first-order chi connectivity index (χ1) is 11.2. The molecule has 0 fully saturated rings. The molecule has 0 amide bonds. The first-order valence-corrected chi connectivity index (χ1v) is 7.65. The normalized spacial score (nSPS) is 10.3. The molecule has 1 heterocycles. The zero-order valence-electron chi connectivity index (χ0n) is 12.2. The lowest BCUT2D eigenvalue weighted by Crippen LogP contribution is -1.92. The maximum absolute atomic E-state index is 10.8. The highest BCUT2D eigenvalue weighted by atomic mass is 32.1. The monoisotopic (exact) mass is 327 g/mol. The molecular weight excluding hydrogens is 314 g/mol. The summed E-state index contributed by atoms with van der Waals surface area (Å²) in [4.78, 5) is 14.9. The van der Waals surface area contributed by atoms with Crippen LogP contribution in [0.3, 0.4) is 0 Å². The van der Waals surface area contributed by atoms with Crippen molar-refractivity contribution < 1.29 is 9.66 Å². The summed E-state index contributed by atoms with van der Waals surface area (Å²) in [6.45, 7) is 0. The average molecular weight is 327 g/mol. The first-order valence-electron chi connectivity index (χ1n) is 6.77. The highest BCUT2D eigenvalue weighted by Gasteiger charge is 2.08. The molecule has 0 atom stereocenters. The fourth-order valence-corrected chi connectivity index (χ4v) is 2.79. The Morgan fingerprint density at radius 1 is 1.22 bits per heavy atom. The van der Waals surface area contributed by atoms with Gasteiger partial charge in [0, 0.05) is 28.8 Å². The second kappa shape index (κ2) is 6.45. The van der Waals surface area contributed by atoms with E-state index in [1.165, 1.54) is 23.5 Å². The van der Waals surface area contributed by atoms with Gasteiger partial charge in [0.05, 0.1) is 17.7 Å². The van der Waals surface area contributed by atoms with Gasteiger partial charge in [-0.25, -0.2) is 4.98 Å². The van der Waals surface area contributed by atoms with Crippen LogP contribution in [0.2, 0.25) is 0 Å². The number of thiazole rings is 1. The van der Waals surface area contributed by atoms with Gasteiger partial charge in [0.15, 0.2) is 5.13 Å². The molecule has 0 saturated carbocycles. The van der Waals surface area contributed by atoms with Gasteiger partial charge in [0.25, 0.3) is 5.69 Å². The number of hydrogen-bond acceptors (Lipinski definition) is 6. The van der Waals surface area contributed by atoms with Crippen LogP contribution in [0.5, 0.6) is 5.75 Å². The number of nitrogens with one attached hydrogen (secondary N) is 1. The quantitative estimate of drug-likeness (QED) is 0.552. The molecule has 3 rings (SSSR count). The van der Waals surface area contributed by atoms with E-state index in [4.69, 9.17) is 4.74 Å². The van der Waals surface area contributed by atoms with E-state index in [0.29, 0.717) is 10.8 Å². The lowest BCUT2D eigenvalue weighted by atomic mass is 10.2. The summed E-state index contributed by atoms with van der Waals surface area (Å²) in [5.41, 5.74) is 2.50. The summed E-state index contributed by atoms with van der Waals surface area (Å²) in [5, 5.41) is 16.5. The van der Waals surface area contributed by atoms with Crippen LogP contribution in [-0.2, 0) is 0 Å². The Morgan fingerprint density at radius 2 is 2.00 bits per heavy atom. The van der Waals surface area contributed by atoms with Crippen LogP contribution in [0.25, 0.3) is 11.3 Å². The van der Waals surface area contributed by atoms with E-state index in [-0.39, 0.29) is 5.69 Å². The van der Waals surface area contributed by atoms with Gasteiger partial charge >= 0.3 is 0 Å². The van der Waals surface area contributed by atoms with Crippen LogP contribution in [-0.4, -0.2) is 17.0 Å². The van der Waals surface area contributed by atoms with E-state index in [2.05, 4.69) is 10.3 Å². The van der Waals surface area contributed by atoms with Crippen LogP contribution in [0.4, 0.5) is 16.5 Å². The van der Waals surface area contributed by atoms with E-state index in [1.807, 2.05) is 29.6 Å². The summed E-state index contributed by atoms with van der Waals surface area (Å²) in [7, 11) is 1.62. The third-order valence-electron chi connectivity index (χ3n) is 3.20. The summed E-state index contributed by atoms with van der Waals surface area (Å²) in [6, 6.07) is 14.0. The van der Waals surface area contributed by atoms with Gasteiger partial charge in [-0.2, -0.15) is 0 Å². The van der Waals surface area contributed by atoms with E-state index in [1.54, 1.807) is 19.2 Å². The number of aromatic nitrogens is 1. The Hall–Kier alpha value is -2.93. The molecule has 0 aliphatic heterocycles. The smallest absolute Gasteiger partial charge is 0.271 e. The van der Waals surface area contributed by atoms with E-state index in [9.17, 15) is 10.1 Å². The van der Waals surface area contributed by atoms with Crippen molar-refractivity contribution in [3.63, 3.8) is 0 Å². The van der Waals surface area contributed by atoms with Crippen LogP contribution in [0.1, 0.15) is 0 Å². The topological polar surface area (TPSA) is 77.3 Å². The Morgan fingerprint density at radius 3 is 2.70 bits per heavy atom. The van der Waals surface area contributed by atoms with Gasteiger partial charge in [-0.3, -0.25) is 10.1 Å². The Bertz CT molecular complexity index is 831. The van der Waals surface area contributed by atoms with Crippen molar-refractivity contribution >= 4 is 27.8 Å². The minimum absolute atomic E-state index is 0.0435. The molecule has 23 heavy (non-hydrogen) atoms. The number of nitro groups is 1. The third kappa shape index (κ3) is 3.46. The highest BCUT2D eigenvalue weighted by Crippen LogP contribution is 2.29. The van der Waals surface area contributed by atoms with Gasteiger partial charge in [-0.05, 0) is 30.3 Å². The van der Waals surface area contributed by atoms with Gasteiger partial charge in [-0.15, -0.1) is 11.3 Å². The second-order valence-electron chi connectivity index (χ2n) is 4.70. The molecular formula is C16H13N3O3S. The summed E-state index contributed by atoms with van der Waals surface area (Å²) < 4.78 is 5.13. The largest absolute Gasteiger partial charge is 0.497 e. The second-order valence-corrected chi connectivity index (χ2v) is 5.56. The van der Waals surface area contributed by atoms with Gasteiger partial charge in [0.1, 0.15) is 5.75 Å². The Labute approximate surface area is 136 Å². The number of hydrogen-bond donors (Lipinski definition) is 1. The van der Waals surface area contributed by atoms with Gasteiger partial charge < -0.3 is 10.1 Å². The zero-order valence-corrected chi connectivity index (χ0v) is 13.0. The standard InChI is InChI=1S/C16H13N3O3S/c1-22-14-7-5-11(6-8-14)15-10-23-16(18-15)17-12-3-2-4-13(9-12)19(20)21/h2-10H,1H3,(H,17,18). The molecule has 0 saturated heterocycles. The molecule has 6 nitrogen and oxygen atoms in total. The lowest BCUT2D eigenvalue weighted by Gasteiger charge is -2.02. The number of ether oxygens (including phenoxy) is 1. The molecule has 7 heteroatoms. The van der Waals surface area contributed by atoms with Crippen molar-refractivity contribution in [1.29, 1.82) is 0 Å². The lowest BCUT2D eigenvalue weighted by molar-refractivity contribution is -0.384. The predicted molar refractivity (Wildman–Crippen MR) is 90.5 cm³/mol. The van der Waals surface area contributed by atoms with Crippen LogP contribution in [0.15, 0.2) is 53.9 Å². The number of nitro benzene ring substituents is 1. The first kappa shape index (κ1) is 15.0. The number of benzene rings is 2. The number of methoxy groups -OCH3 is 1. The number of non-ortho nitro benzene ring substituents is 1. The minimum Gasteiger partial charge on any atom is -0.497 e. The molecule has 1 aromatic heterocycles. The van der Waals surface area contributed by atoms with Crippen LogP contribution >= 0.6 is 11.3 Å². The molecule has 0 radical (unpaired) electrons. The number of nitrogens with zero attached hydrogens (tertiary/aromatic N) is 2. The maximum Gasteiger partial charge on any atom is 0.271 e. The van der Waals surface area contributed by atoms with Crippen molar-refractivity contribution in [2.45, 2.75) is 0 Å². The minimum atomic E-state index is -0.421. The molecule has 0 spiro atoms. The number of rotatable bonds is 5. The predicted octanol–water partition coefficient (Wildman–Crippen LogP) is 4.47. The molecule has 0 aliphatic rings. The van der Waals surface area contributed by atoms with Crippen LogP contribution < -0.4 is 10.1 Å². The van der Waals surface area contributed by atoms with Crippen LogP contribution in [0, 0.1) is 10.1 Å². The van der Waals surface area contributed by atoms with E-state index < -0.39 is 4.92 Å². The molecule has 2 aromatic carbocycles. The molecule has 1 N–H and O–H groups in total. The van der Waals surface area contributed by atoms with Crippen molar-refractivity contribution in [1.82, 2.24) is 4.98 Å². The number of anilines is 2. The summed E-state index contributed by atoms with van der Waals surface area (Å²) in [6.07, 6.45) is 0. The SMILES string of the molecule is COc1ccc(-c2csc(Nc3cccc([N+](=O)[O-])c3)n2)cc1. The molecule has 0 bridgehead atoms. The van der Waals surface area contributed by atoms with E-state index >= 15 is 0 Å². The summed E-state index contributed by atoms with van der Waals surface area (Å²) in [5.74, 6) is 0.791. The fraction of sp³-hybridized carbons (Fsp3) is 0.0625. The van der Waals surface area contributed by atoms with Crippen molar-refractivity contribution in [2.75, 3.05) is 12.4 Å². The molecule has 3 aromatic rings. The summed E-state index contributed by atoms with van der Waals surface area (Å²) >= 11 is 1.44. The van der Waals surface area contributed by atoms with E-state index in [0.717, 1.165) is 17.0 Å². The zero-order chi connectivity index (χ0) is 16.2. The Kier molecular flexibility index (Phi) is 4.20. The van der Waals surface area contributed by atoms with Crippen molar-refractivity contribution in [3.8, 4) is 17.0 Å². The third-order valence-corrected chi connectivity index (χ3v) is 3.96. The van der Waals surface area contributed by atoms with Crippen molar-refractivity contribution in [2.24, 2.45) is 0 Å².